The Bertz CT molecular complexity index is 1230. The number of Topliss-reactive ketones (excluding diaryl/α,β-unsaturated/α-hetero) is 1. The zero-order valence-corrected chi connectivity index (χ0v) is 29.7. The van der Waals surface area contributed by atoms with Gasteiger partial charge in [-0.05, 0) is 33.3 Å². The maximum absolute atomic E-state index is 13.7. The van der Waals surface area contributed by atoms with E-state index in [2.05, 4.69) is 35.2 Å². The quantitative estimate of drug-likeness (QED) is 0.246. The standard InChI is InChI=1S/C32H38N2O2.2Y/c1-21-9-11-25(23(3)13-21)15-27-18-33(20-29-17-31(5,6)34(36)32(29,7)8)19-28(30(27)35)16-26-12-10-22(2)14-24(26)4;;/h9-12,15-17,36H,18-20H2,1-8H3;;/q-2;;/b27-15+,28-16+;;. The first-order chi connectivity index (χ1) is 16.8. The third kappa shape index (κ3) is 7.18. The average Bonchev–Trinajstić information content (AvgIpc) is 2.93. The molecular weight excluding hydrogens is 622 g/mol. The number of likely N-dealkylation sites (tertiary alicyclic amines) is 1. The molecular formula is C32H38N2O2Y2-2. The number of rotatable bonds is 4. The van der Waals surface area contributed by atoms with Gasteiger partial charge < -0.3 is 5.21 Å². The maximum atomic E-state index is 13.7. The van der Waals surface area contributed by atoms with E-state index in [1.54, 1.807) is 0 Å². The van der Waals surface area contributed by atoms with Gasteiger partial charge >= 0.3 is 0 Å². The molecule has 2 aromatic carbocycles. The molecule has 196 valence electrons. The molecule has 0 aromatic heterocycles. The first-order valence-electron chi connectivity index (χ1n) is 12.7. The Morgan fingerprint density at radius 3 is 1.66 bits per heavy atom. The van der Waals surface area contributed by atoms with Crippen LogP contribution in [-0.4, -0.2) is 51.7 Å². The van der Waals surface area contributed by atoms with Crippen LogP contribution in [-0.2, 0) is 70.2 Å². The number of carbonyl (C=O) groups is 1. The van der Waals surface area contributed by atoms with E-state index in [1.165, 1.54) is 5.06 Å². The minimum atomic E-state index is -0.482. The van der Waals surface area contributed by atoms with Crippen molar-refractivity contribution < 1.29 is 75.4 Å². The Morgan fingerprint density at radius 1 is 0.842 bits per heavy atom. The molecule has 2 aliphatic heterocycles. The molecule has 0 saturated carbocycles. The van der Waals surface area contributed by atoms with Gasteiger partial charge in [0.1, 0.15) is 0 Å². The van der Waals surface area contributed by atoms with Gasteiger partial charge in [-0.25, -0.2) is 0 Å². The molecule has 2 aliphatic rings. The van der Waals surface area contributed by atoms with E-state index < -0.39 is 11.1 Å². The molecule has 38 heavy (non-hydrogen) atoms. The van der Waals surface area contributed by atoms with Crippen molar-refractivity contribution in [2.45, 2.75) is 66.5 Å². The van der Waals surface area contributed by atoms with Crippen molar-refractivity contribution in [1.82, 2.24) is 9.96 Å². The maximum Gasteiger partial charge on any atom is 0.185 e. The zero-order chi connectivity index (χ0) is 26.4. The van der Waals surface area contributed by atoms with Crippen molar-refractivity contribution in [3.8, 4) is 0 Å². The van der Waals surface area contributed by atoms with E-state index in [0.717, 1.165) is 50.1 Å². The molecule has 4 nitrogen and oxygen atoms in total. The van der Waals surface area contributed by atoms with Gasteiger partial charge in [0.05, 0.1) is 11.1 Å². The Labute approximate surface area is 279 Å². The van der Waals surface area contributed by atoms with Crippen molar-refractivity contribution >= 4 is 17.9 Å². The fraction of sp³-hybridized carbons (Fsp3) is 0.406. The molecule has 0 amide bonds. The number of hydrogen-bond donors (Lipinski definition) is 1. The molecule has 0 bridgehead atoms. The molecule has 4 rings (SSSR count). The van der Waals surface area contributed by atoms with E-state index in [0.29, 0.717) is 19.6 Å². The number of hydroxylamine groups is 2. The number of benzene rings is 2. The second-order valence-electron chi connectivity index (χ2n) is 11.5. The van der Waals surface area contributed by atoms with Crippen LogP contribution >= 0.6 is 0 Å². The van der Waals surface area contributed by atoms with Crippen LogP contribution in [0.3, 0.4) is 0 Å². The molecule has 2 radical (unpaired) electrons. The number of nitrogens with zero attached hydrogens (tertiary/aromatic N) is 2. The largest absolute Gasteiger partial charge is 0.312 e. The molecule has 1 saturated heterocycles. The van der Waals surface area contributed by atoms with Crippen LogP contribution in [0.4, 0.5) is 0 Å². The zero-order valence-electron chi connectivity index (χ0n) is 24.1. The van der Waals surface area contributed by atoms with E-state index in [-0.39, 0.29) is 71.2 Å². The number of piperidine rings is 1. The smallest absolute Gasteiger partial charge is 0.185 e. The molecule has 0 unspecified atom stereocenters. The summed E-state index contributed by atoms with van der Waals surface area (Å²) < 4.78 is 0. The van der Waals surface area contributed by atoms with Gasteiger partial charge in [0, 0.05) is 96.2 Å². The van der Waals surface area contributed by atoms with Gasteiger partial charge in [-0.2, -0.15) is 63.7 Å². The van der Waals surface area contributed by atoms with Crippen LogP contribution in [0.1, 0.15) is 61.1 Å². The molecule has 0 atom stereocenters. The Balaban J connectivity index is 0.00000253. The van der Waals surface area contributed by atoms with Crippen LogP contribution in [0.5, 0.6) is 0 Å². The minimum absolute atomic E-state index is 0. The third-order valence-electron chi connectivity index (χ3n) is 7.47. The summed E-state index contributed by atoms with van der Waals surface area (Å²) in [5, 5.41) is 12.2. The van der Waals surface area contributed by atoms with Gasteiger partial charge in [0.2, 0.25) is 0 Å². The van der Waals surface area contributed by atoms with Crippen molar-refractivity contribution in [2.75, 3.05) is 19.6 Å². The normalized spacial score (nSPS) is 21.3. The summed E-state index contributed by atoms with van der Waals surface area (Å²) in [6, 6.07) is 15.0. The second kappa shape index (κ2) is 12.9. The fourth-order valence-corrected chi connectivity index (χ4v) is 5.41. The van der Waals surface area contributed by atoms with Crippen molar-refractivity contribution in [3.63, 3.8) is 0 Å². The van der Waals surface area contributed by atoms with Crippen LogP contribution in [0.15, 0.2) is 47.1 Å². The van der Waals surface area contributed by atoms with Crippen LogP contribution in [0.25, 0.3) is 12.2 Å². The van der Waals surface area contributed by atoms with Gasteiger partial charge in [-0.15, -0.1) is 23.3 Å². The van der Waals surface area contributed by atoms with Crippen LogP contribution in [0.2, 0.25) is 0 Å². The first kappa shape index (κ1) is 33.6. The average molecular weight is 660 g/mol. The molecule has 2 heterocycles. The SMILES string of the molecule is Cc1[c-]c(C)c(/C=C2\CN(CC3=CC(C)(C)N(O)C3(C)C)C/C(=C\c3ccc(C)[c-]c3C)C2=O)cc1.[Y].[Y]. The van der Waals surface area contributed by atoms with E-state index in [1.807, 2.05) is 79.7 Å². The number of carbonyl (C=O) groups excluding carboxylic acids is 1. The van der Waals surface area contributed by atoms with Crippen molar-refractivity contribution in [2.24, 2.45) is 0 Å². The predicted molar refractivity (Wildman–Crippen MR) is 147 cm³/mol. The van der Waals surface area contributed by atoms with E-state index in [4.69, 9.17) is 0 Å². The Hall–Kier alpha value is -0.582. The minimum Gasteiger partial charge on any atom is -0.312 e. The molecule has 6 heteroatoms. The number of hydrogen-bond acceptors (Lipinski definition) is 4. The summed E-state index contributed by atoms with van der Waals surface area (Å²) in [7, 11) is 0. The van der Waals surface area contributed by atoms with Crippen molar-refractivity contribution in [1.29, 1.82) is 0 Å². The molecule has 1 N–H and O–H groups in total. The molecule has 0 spiro atoms. The summed E-state index contributed by atoms with van der Waals surface area (Å²) in [6.07, 6.45) is 6.21. The summed E-state index contributed by atoms with van der Waals surface area (Å²) >= 11 is 0. The van der Waals surface area contributed by atoms with Gasteiger partial charge in [0.25, 0.3) is 0 Å². The first-order valence-corrected chi connectivity index (χ1v) is 12.7. The molecule has 2 aromatic rings. The summed E-state index contributed by atoms with van der Waals surface area (Å²) in [4.78, 5) is 16.0. The fourth-order valence-electron chi connectivity index (χ4n) is 5.41. The van der Waals surface area contributed by atoms with Gasteiger partial charge in [-0.3, -0.25) is 9.69 Å². The van der Waals surface area contributed by atoms with Crippen molar-refractivity contribution in [3.05, 3.63) is 92.6 Å². The van der Waals surface area contributed by atoms with Gasteiger partial charge in [-0.1, -0.05) is 33.8 Å². The molecule has 1 fully saturated rings. The van der Waals surface area contributed by atoms with Crippen LogP contribution < -0.4 is 0 Å². The Morgan fingerprint density at radius 2 is 1.29 bits per heavy atom. The molecule has 0 aliphatic carbocycles. The van der Waals surface area contributed by atoms with E-state index in [9.17, 15) is 10.0 Å². The summed E-state index contributed by atoms with van der Waals surface area (Å²) in [5.74, 6) is 0.0926. The number of ketones is 1. The second-order valence-corrected chi connectivity index (χ2v) is 11.5. The topological polar surface area (TPSA) is 43.8 Å². The van der Waals surface area contributed by atoms with Gasteiger partial charge in [0.15, 0.2) is 5.78 Å². The summed E-state index contributed by atoms with van der Waals surface area (Å²) in [5.41, 5.74) is 8.09. The summed E-state index contributed by atoms with van der Waals surface area (Å²) in [6.45, 7) is 18.1. The predicted octanol–water partition coefficient (Wildman–Crippen LogP) is 6.06. The number of aryl methyl sites for hydroxylation is 4. The third-order valence-corrected chi connectivity index (χ3v) is 7.47. The Kier molecular flexibility index (Phi) is 11.4. The monoisotopic (exact) mass is 660 g/mol. The van der Waals surface area contributed by atoms with E-state index >= 15 is 0 Å². The van der Waals surface area contributed by atoms with Crippen LogP contribution in [0, 0.1) is 39.8 Å².